The molecule has 6 nitrogen and oxygen atoms in total. The molecule has 0 N–H and O–H groups in total. The van der Waals surface area contributed by atoms with Crippen LogP contribution in [0.25, 0.3) is 0 Å². The zero-order valence-corrected chi connectivity index (χ0v) is 16.9. The predicted molar refractivity (Wildman–Crippen MR) is 104 cm³/mol. The van der Waals surface area contributed by atoms with Gasteiger partial charge in [0, 0.05) is 25.2 Å². The largest absolute Gasteiger partial charge is 0.332 e. The number of hydroxylamine groups is 1. The second-order valence-electron chi connectivity index (χ2n) is 6.30. The fraction of sp³-hybridized carbons (Fsp3) is 0.350. The smallest absolute Gasteiger partial charge is 0.264 e. The first-order valence-electron chi connectivity index (χ1n) is 8.79. The number of carbonyl (C=O) groups is 1. The molecular formula is C20H26N2O4S. The Kier molecular flexibility index (Phi) is 7.12. The minimum absolute atomic E-state index is 0.0562. The lowest BCUT2D eigenvalue weighted by molar-refractivity contribution is -0.0258. The molecule has 2 rings (SSSR count). The van der Waals surface area contributed by atoms with Gasteiger partial charge >= 0.3 is 0 Å². The van der Waals surface area contributed by atoms with E-state index in [1.807, 2.05) is 44.2 Å². The van der Waals surface area contributed by atoms with E-state index in [1.165, 1.54) is 26.3 Å². The molecule has 0 saturated heterocycles. The molecule has 2 aromatic carbocycles. The summed E-state index contributed by atoms with van der Waals surface area (Å²) < 4.78 is 25.3. The van der Waals surface area contributed by atoms with Crippen LogP contribution in [0.4, 0.5) is 0 Å². The molecule has 0 heterocycles. The Hall–Kier alpha value is -2.22. The van der Waals surface area contributed by atoms with E-state index in [4.69, 9.17) is 4.84 Å². The van der Waals surface area contributed by atoms with Crippen LogP contribution in [0.15, 0.2) is 59.5 Å². The second kappa shape index (κ2) is 9.12. The normalized spacial score (nSPS) is 12.8. The first-order valence-corrected chi connectivity index (χ1v) is 10.2. The maximum atomic E-state index is 13.0. The lowest BCUT2D eigenvalue weighted by Gasteiger charge is -2.29. The fourth-order valence-electron chi connectivity index (χ4n) is 2.61. The first kappa shape index (κ1) is 21.1. The van der Waals surface area contributed by atoms with Gasteiger partial charge in [-0.05, 0) is 43.2 Å². The van der Waals surface area contributed by atoms with Crippen molar-refractivity contribution in [1.29, 1.82) is 0 Å². The molecular weight excluding hydrogens is 364 g/mol. The van der Waals surface area contributed by atoms with Crippen molar-refractivity contribution in [1.82, 2.24) is 9.37 Å². The molecule has 0 aliphatic carbocycles. The van der Waals surface area contributed by atoms with Gasteiger partial charge in [0.15, 0.2) is 0 Å². The Balaban J connectivity index is 2.27. The molecule has 0 aliphatic heterocycles. The monoisotopic (exact) mass is 390 g/mol. The Morgan fingerprint density at radius 1 is 1.07 bits per heavy atom. The Labute approximate surface area is 161 Å². The van der Waals surface area contributed by atoms with E-state index in [1.54, 1.807) is 17.0 Å². The lowest BCUT2D eigenvalue weighted by Crippen LogP contribution is -2.37. The second-order valence-corrected chi connectivity index (χ2v) is 8.23. The molecule has 0 aromatic heterocycles. The van der Waals surface area contributed by atoms with Gasteiger partial charge in [-0.1, -0.05) is 41.7 Å². The van der Waals surface area contributed by atoms with E-state index in [0.717, 1.165) is 16.5 Å². The molecule has 0 aliphatic rings. The molecule has 1 amide bonds. The number of rotatable bonds is 8. The van der Waals surface area contributed by atoms with Crippen LogP contribution in [0.2, 0.25) is 0 Å². The van der Waals surface area contributed by atoms with E-state index in [9.17, 15) is 13.2 Å². The summed E-state index contributed by atoms with van der Waals surface area (Å²) in [6, 6.07) is 15.8. The number of hydrogen-bond donors (Lipinski definition) is 0. The first-order chi connectivity index (χ1) is 12.8. The molecule has 146 valence electrons. The third-order valence-corrected chi connectivity index (χ3v) is 6.27. The SMILES string of the molecule is CCC(C)N(Cc1ccccc1)C(=O)c1ccc(S(=O)(=O)N(C)OC)cc1. The van der Waals surface area contributed by atoms with Crippen LogP contribution in [0.5, 0.6) is 0 Å². The summed E-state index contributed by atoms with van der Waals surface area (Å²) in [6.45, 7) is 4.54. The Bertz CT molecular complexity index is 851. The zero-order valence-electron chi connectivity index (χ0n) is 16.1. The number of amides is 1. The standard InChI is InChI=1S/C20H26N2O4S/c1-5-16(2)22(15-17-9-7-6-8-10-17)20(23)18-11-13-19(14-12-18)27(24,25)21(3)26-4/h6-14,16H,5,15H2,1-4H3. The van der Waals surface area contributed by atoms with Crippen molar-refractivity contribution in [2.24, 2.45) is 0 Å². The van der Waals surface area contributed by atoms with Gasteiger partial charge in [0.1, 0.15) is 0 Å². The summed E-state index contributed by atoms with van der Waals surface area (Å²) in [5.41, 5.74) is 1.50. The summed E-state index contributed by atoms with van der Waals surface area (Å²) in [5, 5.41) is 0. The van der Waals surface area contributed by atoms with Crippen molar-refractivity contribution in [3.05, 3.63) is 65.7 Å². The predicted octanol–water partition coefficient (Wildman–Crippen LogP) is 3.31. The molecule has 1 atom stereocenters. The maximum Gasteiger partial charge on any atom is 0.264 e. The number of sulfonamides is 1. The third-order valence-electron chi connectivity index (χ3n) is 4.57. The van der Waals surface area contributed by atoms with Crippen LogP contribution in [-0.4, -0.2) is 43.9 Å². The lowest BCUT2D eigenvalue weighted by atomic mass is 10.1. The van der Waals surface area contributed by atoms with Crippen molar-refractivity contribution < 1.29 is 18.0 Å². The summed E-state index contributed by atoms with van der Waals surface area (Å²) in [4.78, 5) is 19.7. The van der Waals surface area contributed by atoms with Crippen molar-refractivity contribution >= 4 is 15.9 Å². The third kappa shape index (κ3) is 4.94. The molecule has 0 spiro atoms. The van der Waals surface area contributed by atoms with Gasteiger partial charge in [0.2, 0.25) is 0 Å². The van der Waals surface area contributed by atoms with Gasteiger partial charge in [-0.15, -0.1) is 0 Å². The molecule has 27 heavy (non-hydrogen) atoms. The molecule has 0 radical (unpaired) electrons. The molecule has 2 aromatic rings. The highest BCUT2D eigenvalue weighted by Gasteiger charge is 2.23. The molecule has 0 bridgehead atoms. The van der Waals surface area contributed by atoms with Crippen LogP contribution in [-0.2, 0) is 21.4 Å². The number of nitrogens with zero attached hydrogens (tertiary/aromatic N) is 2. The Morgan fingerprint density at radius 3 is 2.19 bits per heavy atom. The van der Waals surface area contributed by atoms with Gasteiger partial charge in [0.25, 0.3) is 15.9 Å². The van der Waals surface area contributed by atoms with Crippen molar-refractivity contribution in [2.75, 3.05) is 14.2 Å². The Morgan fingerprint density at radius 2 is 1.67 bits per heavy atom. The average Bonchev–Trinajstić information content (AvgIpc) is 2.71. The van der Waals surface area contributed by atoms with Crippen molar-refractivity contribution in [3.8, 4) is 0 Å². The van der Waals surface area contributed by atoms with E-state index in [0.29, 0.717) is 12.1 Å². The number of carbonyl (C=O) groups excluding carboxylic acids is 1. The number of hydrogen-bond acceptors (Lipinski definition) is 4. The van der Waals surface area contributed by atoms with E-state index >= 15 is 0 Å². The van der Waals surface area contributed by atoms with Crippen LogP contribution in [0.1, 0.15) is 36.2 Å². The average molecular weight is 391 g/mol. The van der Waals surface area contributed by atoms with Gasteiger partial charge in [-0.3, -0.25) is 9.63 Å². The summed E-state index contributed by atoms with van der Waals surface area (Å²) in [6.07, 6.45) is 0.823. The van der Waals surface area contributed by atoms with Crippen LogP contribution < -0.4 is 0 Å². The summed E-state index contributed by atoms with van der Waals surface area (Å²) >= 11 is 0. The topological polar surface area (TPSA) is 66.9 Å². The van der Waals surface area contributed by atoms with E-state index in [2.05, 4.69) is 0 Å². The molecule has 7 heteroatoms. The fourth-order valence-corrected chi connectivity index (χ4v) is 3.58. The van der Waals surface area contributed by atoms with Crippen molar-refractivity contribution in [2.45, 2.75) is 37.8 Å². The highest BCUT2D eigenvalue weighted by molar-refractivity contribution is 7.89. The minimum Gasteiger partial charge on any atom is -0.332 e. The molecule has 1 unspecified atom stereocenters. The van der Waals surface area contributed by atoms with Gasteiger partial charge in [-0.25, -0.2) is 8.42 Å². The van der Waals surface area contributed by atoms with Crippen molar-refractivity contribution in [3.63, 3.8) is 0 Å². The van der Waals surface area contributed by atoms with Crippen LogP contribution in [0.3, 0.4) is 0 Å². The van der Waals surface area contributed by atoms with Crippen LogP contribution in [0, 0.1) is 0 Å². The maximum absolute atomic E-state index is 13.0. The highest BCUT2D eigenvalue weighted by Crippen LogP contribution is 2.19. The van der Waals surface area contributed by atoms with Gasteiger partial charge in [0.05, 0.1) is 12.0 Å². The number of benzene rings is 2. The molecule has 0 fully saturated rings. The highest BCUT2D eigenvalue weighted by atomic mass is 32.2. The van der Waals surface area contributed by atoms with E-state index in [-0.39, 0.29) is 16.8 Å². The minimum atomic E-state index is -3.74. The summed E-state index contributed by atoms with van der Waals surface area (Å²) in [7, 11) is -1.14. The van der Waals surface area contributed by atoms with Gasteiger partial charge < -0.3 is 4.90 Å². The van der Waals surface area contributed by atoms with E-state index < -0.39 is 10.0 Å². The van der Waals surface area contributed by atoms with Gasteiger partial charge in [-0.2, -0.15) is 0 Å². The van der Waals surface area contributed by atoms with Crippen LogP contribution >= 0.6 is 0 Å². The zero-order chi connectivity index (χ0) is 20.0. The summed E-state index contributed by atoms with van der Waals surface area (Å²) in [5.74, 6) is -0.128. The quantitative estimate of drug-likeness (QED) is 0.649. The molecule has 0 saturated carbocycles.